The van der Waals surface area contributed by atoms with Gasteiger partial charge in [-0.2, -0.15) is 0 Å². The number of halogens is 3. The van der Waals surface area contributed by atoms with E-state index in [4.69, 9.17) is 37.6 Å². The van der Waals surface area contributed by atoms with Gasteiger partial charge in [0.05, 0.1) is 84.8 Å². The molecule has 756 valence electrons. The Bertz CT molecular complexity index is 7820. The molecule has 8 aliphatic heterocycles. The van der Waals surface area contributed by atoms with E-state index >= 15 is 13.2 Å². The molecule has 0 spiro atoms. The van der Waals surface area contributed by atoms with Crippen molar-refractivity contribution in [2.24, 2.45) is 0 Å². The first kappa shape index (κ1) is 98.1. The molecule has 6 saturated heterocycles. The van der Waals surface area contributed by atoms with Gasteiger partial charge in [-0.05, 0) is 189 Å². The molecule has 6 fully saturated rings. The molecule has 22 rings (SSSR count). The van der Waals surface area contributed by atoms with E-state index in [0.29, 0.717) is 168 Å². The number of aromatic nitrogens is 3. The Morgan fingerprint density at radius 2 is 0.862 bits per heavy atom. The molecule has 1 unspecified atom stereocenters. The quantitative estimate of drug-likeness (QED) is 0.0208. The van der Waals surface area contributed by atoms with E-state index in [-0.39, 0.29) is 112 Å². The molecule has 8 aliphatic rings. The van der Waals surface area contributed by atoms with Gasteiger partial charge in [0.1, 0.15) is 61.5 Å². The highest BCUT2D eigenvalue weighted by molar-refractivity contribution is 6.10. The summed E-state index contributed by atoms with van der Waals surface area (Å²) < 4.78 is 100. The first-order valence-corrected chi connectivity index (χ1v) is 49.8. The van der Waals surface area contributed by atoms with Crippen molar-refractivity contribution >= 4 is 139 Å². The first-order valence-electron chi connectivity index (χ1n) is 49.8. The van der Waals surface area contributed by atoms with Crippen LogP contribution in [0, 0.1) is 17.5 Å². The molecule has 0 saturated carbocycles. The number of anilines is 3. The highest BCUT2D eigenvalue weighted by Gasteiger charge is 2.39. The Labute approximate surface area is 830 Å². The molecule has 0 aliphatic carbocycles. The van der Waals surface area contributed by atoms with E-state index in [1.807, 2.05) is 82.6 Å². The van der Waals surface area contributed by atoms with E-state index in [1.54, 1.807) is 91.6 Å². The number of carbonyl (C=O) groups is 5. The molecule has 6 N–H and O–H groups in total. The lowest BCUT2D eigenvalue weighted by Gasteiger charge is -2.29. The predicted molar refractivity (Wildman–Crippen MR) is 551 cm³/mol. The fraction of sp³-hybridized carbons (Fsp3) is 0.394. The van der Waals surface area contributed by atoms with Gasteiger partial charge in [-0.25, -0.2) is 22.8 Å². The number of pyridine rings is 3. The first-order chi connectivity index (χ1) is 69.9. The van der Waals surface area contributed by atoms with Gasteiger partial charge in [0.15, 0.2) is 62.5 Å². The molecule has 33 nitrogen and oxygen atoms in total. The fourth-order valence-corrected chi connectivity index (χ4v) is 20.9. The van der Waals surface area contributed by atoms with Crippen molar-refractivity contribution in [2.75, 3.05) is 180 Å². The Morgan fingerprint density at radius 3 is 1.34 bits per heavy atom. The van der Waals surface area contributed by atoms with Gasteiger partial charge in [0.2, 0.25) is 16.3 Å². The molecular formula is C109H116F3N15O18. The van der Waals surface area contributed by atoms with Gasteiger partial charge in [-0.15, -0.1) is 0 Å². The topological polar surface area (TPSA) is 354 Å². The molecule has 0 bridgehead atoms. The van der Waals surface area contributed by atoms with Gasteiger partial charge >= 0.3 is 12.2 Å². The number of rotatable bonds is 22. The SMILES string of the molecule is CC(C)(C)OC(=O)N[C@@H]1CCN(c2c(F)cc3c(=O)c(C(=O)NCCCN4CCOCC4)cn4c3c2Oc2cc3ccccc3cc2-4)C1.CC(C)(C)OC(=O)N[C@@H]1CCN(c2c(F)cc3c(=O)c(C(=O)NCCN4CCOCC4)cn4c3c2Oc2cc3ccccc3cc2-4)C1.CN1CCCC1CCNC(=O)c1cn2c3cc4c(=O)c5ccccc5c(=O)c4cc3oc3c(NCCCN4CCOCC4)c(F)cc(c1=O)c32. The van der Waals surface area contributed by atoms with Crippen LogP contribution in [-0.4, -0.2) is 257 Å². The Kier molecular flexibility index (Phi) is 27.8. The predicted octanol–water partition coefficient (Wildman–Crippen LogP) is 13.6. The van der Waals surface area contributed by atoms with E-state index < -0.39 is 74.8 Å². The Morgan fingerprint density at radius 1 is 0.434 bits per heavy atom. The number of hydrogen-bond acceptors (Lipinski definition) is 25. The minimum absolute atomic E-state index is 0.0318. The average Bonchev–Trinajstić information content (AvgIpc) is 1.43. The summed E-state index contributed by atoms with van der Waals surface area (Å²) in [6.45, 7) is 26.1. The zero-order valence-electron chi connectivity index (χ0n) is 82.0. The smallest absolute Gasteiger partial charge is 0.407 e. The molecule has 10 aromatic carbocycles. The average molecular weight is 1980 g/mol. The molecular weight excluding hydrogens is 1860 g/mol. The third-order valence-corrected chi connectivity index (χ3v) is 28.1. The molecule has 36 heteroatoms. The molecule has 12 heterocycles. The lowest BCUT2D eigenvalue weighted by atomic mass is 10.0. The van der Waals surface area contributed by atoms with Crippen LogP contribution in [-0.2, 0) is 23.7 Å². The summed E-state index contributed by atoms with van der Waals surface area (Å²) >= 11 is 0. The second kappa shape index (κ2) is 41.1. The van der Waals surface area contributed by atoms with E-state index in [9.17, 15) is 47.9 Å². The van der Waals surface area contributed by atoms with Crippen molar-refractivity contribution in [2.45, 2.75) is 116 Å². The summed E-state index contributed by atoms with van der Waals surface area (Å²) in [6, 6.07) is 36.3. The van der Waals surface area contributed by atoms with E-state index in [1.165, 1.54) is 30.6 Å². The van der Waals surface area contributed by atoms with Crippen molar-refractivity contribution in [1.82, 2.24) is 59.7 Å². The van der Waals surface area contributed by atoms with Crippen LogP contribution in [0.15, 0.2) is 174 Å². The lowest BCUT2D eigenvalue weighted by Crippen LogP contribution is -2.42. The summed E-state index contributed by atoms with van der Waals surface area (Å²) in [5, 5.41) is 22.4. The van der Waals surface area contributed by atoms with Crippen molar-refractivity contribution in [3.63, 3.8) is 0 Å². The maximum absolute atomic E-state index is 16.3. The molecule has 14 aromatic rings. The zero-order valence-corrected chi connectivity index (χ0v) is 82.0. The molecule has 3 atom stereocenters. The highest BCUT2D eigenvalue weighted by Crippen LogP contribution is 2.51. The van der Waals surface area contributed by atoms with Crippen LogP contribution in [0.1, 0.15) is 118 Å². The van der Waals surface area contributed by atoms with Crippen LogP contribution in [0.5, 0.6) is 23.0 Å². The number of nitrogens with one attached hydrogen (secondary N) is 6. The molecule has 5 amide bonds. The zero-order chi connectivity index (χ0) is 101. The van der Waals surface area contributed by atoms with Crippen molar-refractivity contribution < 1.29 is 74.7 Å². The summed E-state index contributed by atoms with van der Waals surface area (Å²) in [7, 11) is 2.06. The van der Waals surface area contributed by atoms with Crippen LogP contribution in [0.2, 0.25) is 0 Å². The maximum atomic E-state index is 16.3. The van der Waals surface area contributed by atoms with Gasteiger partial charge in [-0.1, -0.05) is 72.8 Å². The minimum atomic E-state index is -0.703. The summed E-state index contributed by atoms with van der Waals surface area (Å²) in [4.78, 5) is 147. The van der Waals surface area contributed by atoms with Crippen LogP contribution < -0.4 is 78.3 Å². The van der Waals surface area contributed by atoms with Gasteiger partial charge in [-0.3, -0.25) is 53.1 Å². The standard InChI is InChI=1S/C38H38FN5O6.C36H40FN5O6.C35H38FN5O6/c1-42-12-4-6-22(42)9-11-41-38(48)28-21-44-30-19-25-26(35(46)24-8-3-2-7-23(24)34(25)45)20-31(30)50-37-32(29(39)18-27(33(37)44)36(28)47)40-10-5-13-43-14-16-49-17-15-43;1-36(2,3)48-35(45)39-24-9-12-41(20-24)31-27(37)19-25-30-33(31)47-29-18-23-8-5-4-7-22(23)17-28(29)42(30)21-26(32(25)43)34(44)38-10-6-11-40-13-15-46-16-14-40;1-35(2,3)47-34(44)38-23-8-10-40(19-23)30-26(36)18-24-29-32(30)46-28-17-22-7-5-4-6-21(22)16-27(28)41(29)20-25(31(24)42)33(43)37-9-11-39-12-14-45-15-13-39/h2-3,7-8,18-22,40H,4-6,9-17H2,1H3,(H,41,48);4-5,7-8,17-19,21,24H,6,9-16,20H2,1-3H3,(H,38,44)(H,39,45);4-7,16-18,20,23H,8-15,19H2,1-3H3,(H,37,43)(H,38,44)/t;24-;23-/m.11/s1. The third-order valence-electron chi connectivity index (χ3n) is 28.1. The number of likely N-dealkylation sites (tertiary alicyclic amines) is 1. The number of amides is 5. The number of fused-ring (bicyclic) bond motifs is 10. The van der Waals surface area contributed by atoms with Crippen LogP contribution >= 0.6 is 0 Å². The number of hydrogen-bond donors (Lipinski definition) is 6. The number of nitrogens with zero attached hydrogens (tertiary/aromatic N) is 9. The number of alkyl carbamates (subject to hydrolysis) is 2. The number of carbonyl (C=O) groups excluding carboxylic acids is 5. The van der Waals surface area contributed by atoms with Crippen molar-refractivity contribution in [1.29, 1.82) is 0 Å². The van der Waals surface area contributed by atoms with Gasteiger partial charge in [0.25, 0.3) is 17.7 Å². The second-order valence-electron chi connectivity index (χ2n) is 40.2. The highest BCUT2D eigenvalue weighted by atomic mass is 19.1. The fourth-order valence-electron chi connectivity index (χ4n) is 20.9. The molecule has 0 radical (unpaired) electrons. The third kappa shape index (κ3) is 20.3. The van der Waals surface area contributed by atoms with Crippen LogP contribution in [0.3, 0.4) is 0 Å². The van der Waals surface area contributed by atoms with Crippen molar-refractivity contribution in [3.8, 4) is 34.4 Å². The number of ether oxygens (including phenoxy) is 7. The minimum Gasteiger partial charge on any atom is -0.451 e. The van der Waals surface area contributed by atoms with Crippen LogP contribution in [0.4, 0.5) is 39.8 Å². The maximum Gasteiger partial charge on any atom is 0.407 e. The Hall–Kier alpha value is -14.3. The molecule has 4 aromatic heterocycles. The number of morpholine rings is 3. The monoisotopic (exact) mass is 1980 g/mol. The number of benzene rings is 10. The largest absolute Gasteiger partial charge is 0.451 e. The summed E-state index contributed by atoms with van der Waals surface area (Å²) in [5.74, 6) is -2.28. The van der Waals surface area contributed by atoms with Gasteiger partial charge < -0.3 is 97.7 Å². The van der Waals surface area contributed by atoms with Gasteiger partial charge in [0, 0.05) is 144 Å². The van der Waals surface area contributed by atoms with E-state index in [2.05, 4.69) is 58.5 Å². The molecule has 145 heavy (non-hydrogen) atoms. The van der Waals surface area contributed by atoms with Crippen molar-refractivity contribution in [3.05, 3.63) is 231 Å². The van der Waals surface area contributed by atoms with Crippen LogP contribution in [0.25, 0.3) is 104 Å². The normalized spacial score (nSPS) is 17.7. The van der Waals surface area contributed by atoms with E-state index in [0.717, 1.165) is 119 Å². The summed E-state index contributed by atoms with van der Waals surface area (Å²) in [6.07, 6.45) is 8.90. The second-order valence-corrected chi connectivity index (χ2v) is 40.2. The summed E-state index contributed by atoms with van der Waals surface area (Å²) in [5.41, 5.74) is -0.668. The lowest BCUT2D eigenvalue weighted by molar-refractivity contribution is 0.0374. The Balaban J connectivity index is 0.000000133.